The Morgan fingerprint density at radius 1 is 1.50 bits per heavy atom. The second-order valence-corrected chi connectivity index (χ2v) is 5.54. The Balaban J connectivity index is 2.06. The van der Waals surface area contributed by atoms with E-state index in [-0.39, 0.29) is 5.56 Å². The SMILES string of the molecule is CCCc1nsc(Sc2ccc(C(=O)O)cn2)n1. The number of aryl methyl sites for hydroxylation is 1. The normalized spacial score (nSPS) is 10.5. The fraction of sp³-hybridized carbons (Fsp3) is 0.273. The van der Waals surface area contributed by atoms with Gasteiger partial charge in [0.25, 0.3) is 0 Å². The molecule has 0 saturated heterocycles. The summed E-state index contributed by atoms with van der Waals surface area (Å²) in [6.07, 6.45) is 3.24. The van der Waals surface area contributed by atoms with Crippen molar-refractivity contribution in [2.45, 2.75) is 29.1 Å². The minimum atomic E-state index is -0.972. The van der Waals surface area contributed by atoms with Crippen molar-refractivity contribution in [2.75, 3.05) is 0 Å². The lowest BCUT2D eigenvalue weighted by molar-refractivity contribution is 0.0696. The van der Waals surface area contributed by atoms with Crippen molar-refractivity contribution < 1.29 is 9.90 Å². The van der Waals surface area contributed by atoms with Gasteiger partial charge in [0, 0.05) is 12.6 Å². The van der Waals surface area contributed by atoms with Gasteiger partial charge in [0.2, 0.25) is 0 Å². The number of carboxylic acid groups (broad SMARTS) is 1. The minimum Gasteiger partial charge on any atom is -0.478 e. The lowest BCUT2D eigenvalue weighted by Gasteiger charge is -1.97. The molecule has 94 valence electrons. The van der Waals surface area contributed by atoms with Gasteiger partial charge in [0.05, 0.1) is 5.56 Å². The average molecular weight is 281 g/mol. The summed E-state index contributed by atoms with van der Waals surface area (Å²) in [6.45, 7) is 2.08. The first-order valence-electron chi connectivity index (χ1n) is 5.39. The second-order valence-electron chi connectivity index (χ2n) is 3.52. The van der Waals surface area contributed by atoms with E-state index in [9.17, 15) is 4.79 Å². The molecule has 2 heterocycles. The Hall–Kier alpha value is -1.47. The topological polar surface area (TPSA) is 76.0 Å². The van der Waals surface area contributed by atoms with E-state index >= 15 is 0 Å². The van der Waals surface area contributed by atoms with Crippen molar-refractivity contribution in [2.24, 2.45) is 0 Å². The van der Waals surface area contributed by atoms with Crippen LogP contribution in [0, 0.1) is 0 Å². The maximum Gasteiger partial charge on any atom is 0.337 e. The fourth-order valence-corrected chi connectivity index (χ4v) is 2.81. The summed E-state index contributed by atoms with van der Waals surface area (Å²) in [7, 11) is 0. The van der Waals surface area contributed by atoms with Crippen molar-refractivity contribution in [3.63, 3.8) is 0 Å². The van der Waals surface area contributed by atoms with Crippen LogP contribution < -0.4 is 0 Å². The molecule has 5 nitrogen and oxygen atoms in total. The highest BCUT2D eigenvalue weighted by Crippen LogP contribution is 2.27. The number of aromatic carboxylic acids is 1. The third kappa shape index (κ3) is 3.27. The van der Waals surface area contributed by atoms with Gasteiger partial charge in [-0.3, -0.25) is 0 Å². The van der Waals surface area contributed by atoms with E-state index in [1.165, 1.54) is 35.6 Å². The largest absolute Gasteiger partial charge is 0.478 e. The molecular formula is C11H11N3O2S2. The van der Waals surface area contributed by atoms with E-state index in [0.29, 0.717) is 0 Å². The fourth-order valence-electron chi connectivity index (χ4n) is 1.26. The number of pyridine rings is 1. The molecule has 0 fully saturated rings. The van der Waals surface area contributed by atoms with Gasteiger partial charge in [-0.2, -0.15) is 4.37 Å². The Morgan fingerprint density at radius 2 is 2.33 bits per heavy atom. The smallest absolute Gasteiger partial charge is 0.337 e. The predicted molar refractivity (Wildman–Crippen MR) is 69.2 cm³/mol. The molecule has 0 aliphatic heterocycles. The van der Waals surface area contributed by atoms with Gasteiger partial charge >= 0.3 is 5.97 Å². The van der Waals surface area contributed by atoms with Gasteiger partial charge in [-0.25, -0.2) is 14.8 Å². The summed E-state index contributed by atoms with van der Waals surface area (Å²) < 4.78 is 5.06. The van der Waals surface area contributed by atoms with Gasteiger partial charge in [-0.05, 0) is 41.8 Å². The van der Waals surface area contributed by atoms with Crippen LogP contribution in [0.1, 0.15) is 29.5 Å². The number of carboxylic acids is 1. The number of hydrogen-bond acceptors (Lipinski definition) is 6. The maximum atomic E-state index is 10.7. The number of carbonyl (C=O) groups is 1. The monoisotopic (exact) mass is 281 g/mol. The van der Waals surface area contributed by atoms with E-state index in [2.05, 4.69) is 21.3 Å². The highest BCUT2D eigenvalue weighted by molar-refractivity contribution is 8.00. The van der Waals surface area contributed by atoms with E-state index < -0.39 is 5.97 Å². The number of hydrogen-bond donors (Lipinski definition) is 1. The summed E-state index contributed by atoms with van der Waals surface area (Å²) in [5.41, 5.74) is 0.184. The quantitative estimate of drug-likeness (QED) is 0.908. The first-order chi connectivity index (χ1) is 8.69. The summed E-state index contributed by atoms with van der Waals surface area (Å²) in [4.78, 5) is 19.1. The van der Waals surface area contributed by atoms with Crippen LogP contribution in [0.4, 0.5) is 0 Å². The Labute approximate surface area is 112 Å². The molecule has 0 atom stereocenters. The summed E-state index contributed by atoms with van der Waals surface area (Å²) in [5.74, 6) is -0.118. The lowest BCUT2D eigenvalue weighted by atomic mass is 10.3. The number of aromatic nitrogens is 3. The highest BCUT2D eigenvalue weighted by Gasteiger charge is 2.07. The Bertz CT molecular complexity index is 539. The van der Waals surface area contributed by atoms with Crippen molar-refractivity contribution in [3.8, 4) is 0 Å². The van der Waals surface area contributed by atoms with Crippen LogP contribution in [-0.4, -0.2) is 25.4 Å². The zero-order chi connectivity index (χ0) is 13.0. The third-order valence-electron chi connectivity index (χ3n) is 2.10. The molecule has 0 radical (unpaired) electrons. The molecule has 18 heavy (non-hydrogen) atoms. The first kappa shape index (κ1) is 13.0. The van der Waals surface area contributed by atoms with E-state index in [0.717, 1.165) is 28.0 Å². The minimum absolute atomic E-state index is 0.184. The van der Waals surface area contributed by atoms with E-state index in [1.54, 1.807) is 6.07 Å². The number of rotatable bonds is 5. The van der Waals surface area contributed by atoms with Crippen molar-refractivity contribution in [3.05, 3.63) is 29.7 Å². The van der Waals surface area contributed by atoms with Crippen LogP contribution >= 0.6 is 23.3 Å². The molecule has 2 aromatic rings. The standard InChI is InChI=1S/C11H11N3O2S2/c1-2-3-8-13-11(18-14-8)17-9-5-4-7(6-12-9)10(15)16/h4-6H,2-3H2,1H3,(H,15,16). The van der Waals surface area contributed by atoms with Crippen molar-refractivity contribution >= 4 is 29.3 Å². The van der Waals surface area contributed by atoms with Crippen LogP contribution in [0.15, 0.2) is 27.7 Å². The van der Waals surface area contributed by atoms with Crippen molar-refractivity contribution in [1.29, 1.82) is 0 Å². The molecule has 0 amide bonds. The van der Waals surface area contributed by atoms with Gasteiger partial charge in [-0.1, -0.05) is 6.92 Å². The number of nitrogens with zero attached hydrogens (tertiary/aromatic N) is 3. The van der Waals surface area contributed by atoms with Gasteiger partial charge in [-0.15, -0.1) is 0 Å². The Morgan fingerprint density at radius 3 is 2.94 bits per heavy atom. The van der Waals surface area contributed by atoms with Crippen LogP contribution in [0.3, 0.4) is 0 Å². The zero-order valence-electron chi connectivity index (χ0n) is 9.66. The molecule has 0 aliphatic carbocycles. The molecule has 0 unspecified atom stereocenters. The van der Waals surface area contributed by atoms with Gasteiger partial charge in [0.1, 0.15) is 10.9 Å². The molecular weight excluding hydrogens is 270 g/mol. The average Bonchev–Trinajstić information content (AvgIpc) is 2.78. The molecule has 0 spiro atoms. The maximum absolute atomic E-state index is 10.7. The van der Waals surface area contributed by atoms with Crippen LogP contribution in [0.2, 0.25) is 0 Å². The molecule has 1 N–H and O–H groups in total. The summed E-state index contributed by atoms with van der Waals surface area (Å²) in [6, 6.07) is 3.21. The van der Waals surface area contributed by atoms with Crippen LogP contribution in [-0.2, 0) is 6.42 Å². The van der Waals surface area contributed by atoms with Crippen molar-refractivity contribution in [1.82, 2.24) is 14.3 Å². The Kier molecular flexibility index (Phi) is 4.27. The molecule has 2 aromatic heterocycles. The summed E-state index contributed by atoms with van der Waals surface area (Å²) >= 11 is 2.74. The lowest BCUT2D eigenvalue weighted by Crippen LogP contribution is -1.96. The van der Waals surface area contributed by atoms with Crippen LogP contribution in [0.25, 0.3) is 0 Å². The predicted octanol–water partition coefficient (Wildman–Crippen LogP) is 2.74. The molecule has 0 aromatic carbocycles. The molecule has 0 aliphatic rings. The zero-order valence-corrected chi connectivity index (χ0v) is 11.3. The van der Waals surface area contributed by atoms with Crippen LogP contribution in [0.5, 0.6) is 0 Å². The molecule has 0 saturated carbocycles. The van der Waals surface area contributed by atoms with Gasteiger partial charge < -0.3 is 5.11 Å². The highest BCUT2D eigenvalue weighted by atomic mass is 32.2. The molecule has 7 heteroatoms. The molecule has 2 rings (SSSR count). The van der Waals surface area contributed by atoms with E-state index in [4.69, 9.17) is 5.11 Å². The third-order valence-corrected chi connectivity index (χ3v) is 3.84. The van der Waals surface area contributed by atoms with Gasteiger partial charge in [0.15, 0.2) is 4.34 Å². The first-order valence-corrected chi connectivity index (χ1v) is 6.98. The summed E-state index contributed by atoms with van der Waals surface area (Å²) in [5, 5.41) is 9.48. The molecule has 0 bridgehead atoms. The second kappa shape index (κ2) is 5.92. The van der Waals surface area contributed by atoms with E-state index in [1.807, 2.05) is 0 Å².